The molecule has 2 heterocycles. The van der Waals surface area contributed by atoms with Crippen molar-refractivity contribution >= 4 is 10.8 Å². The van der Waals surface area contributed by atoms with E-state index in [0.29, 0.717) is 5.88 Å². The first kappa shape index (κ1) is 11.8. The van der Waals surface area contributed by atoms with Crippen molar-refractivity contribution in [2.45, 2.75) is 31.4 Å². The van der Waals surface area contributed by atoms with E-state index >= 15 is 0 Å². The Bertz CT molecular complexity index is 659. The van der Waals surface area contributed by atoms with Crippen molar-refractivity contribution in [3.63, 3.8) is 0 Å². The zero-order valence-corrected chi connectivity index (χ0v) is 11.0. The topological polar surface area (TPSA) is 66.6 Å². The Labute approximate surface area is 116 Å². The van der Waals surface area contributed by atoms with Gasteiger partial charge in [0.15, 0.2) is 11.5 Å². The van der Waals surface area contributed by atoms with Gasteiger partial charge in [-0.1, -0.05) is 0 Å². The quantitative estimate of drug-likeness (QED) is 0.908. The van der Waals surface area contributed by atoms with Crippen molar-refractivity contribution in [1.82, 2.24) is 4.98 Å². The molecule has 2 aliphatic rings. The van der Waals surface area contributed by atoms with Crippen LogP contribution in [-0.4, -0.2) is 23.9 Å². The highest BCUT2D eigenvalue weighted by atomic mass is 16.7. The van der Waals surface area contributed by atoms with Crippen LogP contribution in [0.25, 0.3) is 10.8 Å². The van der Waals surface area contributed by atoms with Gasteiger partial charge in [0.2, 0.25) is 12.7 Å². The Morgan fingerprint density at radius 3 is 2.85 bits per heavy atom. The molecule has 1 aliphatic carbocycles. The van der Waals surface area contributed by atoms with E-state index in [4.69, 9.17) is 19.9 Å². The first-order valence-electron chi connectivity index (χ1n) is 6.90. The molecule has 104 valence electrons. The summed E-state index contributed by atoms with van der Waals surface area (Å²) in [5.74, 6) is 2.18. The molecule has 0 bridgehead atoms. The highest BCUT2D eigenvalue weighted by molar-refractivity contribution is 5.90. The maximum Gasteiger partial charge on any atom is 0.231 e. The van der Waals surface area contributed by atoms with Crippen LogP contribution in [0, 0.1) is 0 Å². The van der Waals surface area contributed by atoms with Gasteiger partial charge in [-0.25, -0.2) is 4.98 Å². The molecular weight excluding hydrogens is 256 g/mol. The van der Waals surface area contributed by atoms with Crippen LogP contribution in [0.4, 0.5) is 0 Å². The molecule has 2 N–H and O–H groups in total. The molecule has 0 amide bonds. The minimum absolute atomic E-state index is 0.161. The summed E-state index contributed by atoms with van der Waals surface area (Å²) in [5, 5.41) is 2.00. The third kappa shape index (κ3) is 1.94. The van der Waals surface area contributed by atoms with Crippen molar-refractivity contribution in [3.8, 4) is 17.4 Å². The summed E-state index contributed by atoms with van der Waals surface area (Å²) < 4.78 is 16.8. The number of benzene rings is 1. The fourth-order valence-electron chi connectivity index (χ4n) is 2.87. The number of fused-ring (bicyclic) bond motifs is 2. The summed E-state index contributed by atoms with van der Waals surface area (Å²) in [6.07, 6.45) is 4.82. The second-order valence-corrected chi connectivity index (χ2v) is 5.36. The van der Waals surface area contributed by atoms with E-state index in [2.05, 4.69) is 4.98 Å². The van der Waals surface area contributed by atoms with Crippen LogP contribution in [-0.2, 0) is 0 Å². The largest absolute Gasteiger partial charge is 0.474 e. The predicted molar refractivity (Wildman–Crippen MR) is 74.1 cm³/mol. The maximum atomic E-state index is 6.03. The van der Waals surface area contributed by atoms with Gasteiger partial charge in [0.1, 0.15) is 6.10 Å². The molecule has 2 unspecified atom stereocenters. The number of pyridine rings is 1. The molecule has 0 spiro atoms. The molecule has 1 fully saturated rings. The third-order valence-corrected chi connectivity index (χ3v) is 3.92. The number of hydrogen-bond donors (Lipinski definition) is 1. The number of ether oxygens (including phenoxy) is 3. The monoisotopic (exact) mass is 272 g/mol. The summed E-state index contributed by atoms with van der Waals surface area (Å²) in [6.45, 7) is 0.271. The number of rotatable bonds is 2. The van der Waals surface area contributed by atoms with Gasteiger partial charge in [0, 0.05) is 17.6 Å². The highest BCUT2D eigenvalue weighted by Gasteiger charge is 2.24. The average Bonchev–Trinajstić information content (AvgIpc) is 3.05. The molecule has 1 aromatic carbocycles. The zero-order chi connectivity index (χ0) is 13.5. The summed E-state index contributed by atoms with van der Waals surface area (Å²) in [4.78, 5) is 4.36. The summed E-state index contributed by atoms with van der Waals surface area (Å²) in [7, 11) is 0. The second-order valence-electron chi connectivity index (χ2n) is 5.36. The van der Waals surface area contributed by atoms with Crippen molar-refractivity contribution in [1.29, 1.82) is 0 Å². The minimum atomic E-state index is 0.161. The number of nitrogens with zero attached hydrogens (tertiary/aromatic N) is 1. The Morgan fingerprint density at radius 2 is 2.05 bits per heavy atom. The molecule has 1 aliphatic heterocycles. The van der Waals surface area contributed by atoms with Gasteiger partial charge in [-0.3, -0.25) is 0 Å². The standard InChI is InChI=1S/C15H16N2O3/c16-10-1-2-11(6-10)20-15-12-7-14-13(18-8-19-14)5-9(12)3-4-17-15/h3-5,7,10-11H,1-2,6,8,16H2. The Kier molecular flexibility index (Phi) is 2.67. The number of nitrogens with two attached hydrogens (primary N) is 1. The minimum Gasteiger partial charge on any atom is -0.474 e. The predicted octanol–water partition coefficient (Wildman–Crippen LogP) is 2.22. The van der Waals surface area contributed by atoms with Crippen LogP contribution in [0.1, 0.15) is 19.3 Å². The highest BCUT2D eigenvalue weighted by Crippen LogP contribution is 2.39. The molecule has 0 saturated heterocycles. The lowest BCUT2D eigenvalue weighted by Crippen LogP contribution is -2.19. The SMILES string of the molecule is NC1CCC(Oc2nccc3cc4c(cc23)OCO4)C1. The molecule has 1 aromatic heterocycles. The molecule has 5 nitrogen and oxygen atoms in total. The summed E-state index contributed by atoms with van der Waals surface area (Å²) >= 11 is 0. The Balaban J connectivity index is 1.72. The molecule has 2 atom stereocenters. The maximum absolute atomic E-state index is 6.03. The van der Waals surface area contributed by atoms with Crippen LogP contribution in [0.2, 0.25) is 0 Å². The lowest BCUT2D eigenvalue weighted by Gasteiger charge is -2.14. The van der Waals surface area contributed by atoms with Gasteiger partial charge in [-0.15, -0.1) is 0 Å². The molecule has 4 rings (SSSR count). The van der Waals surface area contributed by atoms with E-state index in [-0.39, 0.29) is 18.9 Å². The fraction of sp³-hybridized carbons (Fsp3) is 0.400. The van der Waals surface area contributed by atoms with Crippen molar-refractivity contribution < 1.29 is 14.2 Å². The molecule has 2 aromatic rings. The summed E-state index contributed by atoms with van der Waals surface area (Å²) in [6, 6.07) is 6.10. The van der Waals surface area contributed by atoms with E-state index < -0.39 is 0 Å². The Hall–Kier alpha value is -2.01. The zero-order valence-electron chi connectivity index (χ0n) is 11.0. The van der Waals surface area contributed by atoms with Crippen LogP contribution in [0.5, 0.6) is 17.4 Å². The van der Waals surface area contributed by atoms with Crippen LogP contribution < -0.4 is 19.9 Å². The van der Waals surface area contributed by atoms with Crippen LogP contribution >= 0.6 is 0 Å². The number of aromatic nitrogens is 1. The first-order valence-corrected chi connectivity index (χ1v) is 6.90. The molecule has 0 radical (unpaired) electrons. The van der Waals surface area contributed by atoms with Crippen molar-refractivity contribution in [3.05, 3.63) is 24.4 Å². The van der Waals surface area contributed by atoms with Crippen molar-refractivity contribution in [2.75, 3.05) is 6.79 Å². The van der Waals surface area contributed by atoms with E-state index in [1.165, 1.54) is 0 Å². The Morgan fingerprint density at radius 1 is 1.20 bits per heavy atom. The van der Waals surface area contributed by atoms with Gasteiger partial charge in [-0.2, -0.15) is 0 Å². The van der Waals surface area contributed by atoms with Crippen LogP contribution in [0.15, 0.2) is 24.4 Å². The van der Waals surface area contributed by atoms with Gasteiger partial charge in [-0.05, 0) is 42.8 Å². The lowest BCUT2D eigenvalue weighted by molar-refractivity contribution is 0.174. The van der Waals surface area contributed by atoms with Crippen molar-refractivity contribution in [2.24, 2.45) is 5.73 Å². The molecule has 5 heteroatoms. The van der Waals surface area contributed by atoms with Crippen LogP contribution in [0.3, 0.4) is 0 Å². The lowest BCUT2D eigenvalue weighted by atomic mass is 10.1. The normalized spacial score (nSPS) is 24.2. The molecule has 1 saturated carbocycles. The second kappa shape index (κ2) is 4.52. The van der Waals surface area contributed by atoms with Gasteiger partial charge in [0.25, 0.3) is 0 Å². The van der Waals surface area contributed by atoms with E-state index in [1.54, 1.807) is 6.20 Å². The number of hydrogen-bond acceptors (Lipinski definition) is 5. The third-order valence-electron chi connectivity index (χ3n) is 3.92. The molecule has 20 heavy (non-hydrogen) atoms. The average molecular weight is 272 g/mol. The smallest absolute Gasteiger partial charge is 0.231 e. The van der Waals surface area contributed by atoms with E-state index in [0.717, 1.165) is 41.5 Å². The van der Waals surface area contributed by atoms with E-state index in [1.807, 2.05) is 18.2 Å². The first-order chi connectivity index (χ1) is 9.79. The van der Waals surface area contributed by atoms with E-state index in [9.17, 15) is 0 Å². The van der Waals surface area contributed by atoms with Gasteiger partial charge in [0.05, 0.1) is 0 Å². The van der Waals surface area contributed by atoms with Gasteiger partial charge < -0.3 is 19.9 Å². The molecular formula is C15H16N2O3. The van der Waals surface area contributed by atoms with Gasteiger partial charge >= 0.3 is 0 Å². The summed E-state index contributed by atoms with van der Waals surface area (Å²) in [5.41, 5.74) is 5.93. The fourth-order valence-corrected chi connectivity index (χ4v) is 2.87.